The van der Waals surface area contributed by atoms with Gasteiger partial charge in [-0.25, -0.2) is 0 Å². The topological polar surface area (TPSA) is 110 Å². The summed E-state index contributed by atoms with van der Waals surface area (Å²) in [5, 5.41) is 9.56. The van der Waals surface area contributed by atoms with Crippen molar-refractivity contribution in [1.82, 2.24) is 20.4 Å². The molecule has 0 saturated heterocycles. The molecule has 0 aliphatic heterocycles. The number of carbonyl (C=O) groups is 2. The van der Waals surface area contributed by atoms with Crippen molar-refractivity contribution in [1.29, 1.82) is 0 Å². The fourth-order valence-corrected chi connectivity index (χ4v) is 2.58. The number of nitrogens with one attached hydrogen (secondary N) is 2. The van der Waals surface area contributed by atoms with E-state index in [4.69, 9.17) is 4.52 Å². The molecule has 29 heavy (non-hydrogen) atoms. The van der Waals surface area contributed by atoms with Crippen molar-refractivity contribution >= 4 is 17.5 Å². The summed E-state index contributed by atoms with van der Waals surface area (Å²) in [5.41, 5.74) is 1.65. The summed E-state index contributed by atoms with van der Waals surface area (Å²) in [6.07, 6.45) is 3.75. The quantitative estimate of drug-likeness (QED) is 0.608. The second kappa shape index (κ2) is 9.59. The Balaban J connectivity index is 1.58. The molecule has 3 rings (SSSR count). The van der Waals surface area contributed by atoms with Gasteiger partial charge in [-0.05, 0) is 30.2 Å². The van der Waals surface area contributed by atoms with E-state index in [0.717, 1.165) is 5.56 Å². The standard InChI is InChI=1S/C21H23N5O3/c1-14(2)12-23-21(28)16-7-3-4-8-17(16)24-18(27)9-10-19-25-20(26-29-19)15-6-5-11-22-13-15/h3-8,11,13-14H,9-10,12H2,1-2H3,(H,23,28)(H,24,27). The first kappa shape index (κ1) is 20.2. The van der Waals surface area contributed by atoms with E-state index in [0.29, 0.717) is 41.8 Å². The molecule has 150 valence electrons. The maximum Gasteiger partial charge on any atom is 0.253 e. The SMILES string of the molecule is CC(C)CNC(=O)c1ccccc1NC(=O)CCc1nc(-c2cccnc2)no1. The predicted octanol–water partition coefficient (Wildman–Crippen LogP) is 3.09. The normalized spacial score (nSPS) is 10.7. The summed E-state index contributed by atoms with van der Waals surface area (Å²) in [5.74, 6) is 0.678. The van der Waals surface area contributed by atoms with E-state index in [1.165, 1.54) is 0 Å². The van der Waals surface area contributed by atoms with Crippen molar-refractivity contribution in [2.24, 2.45) is 5.92 Å². The lowest BCUT2D eigenvalue weighted by Gasteiger charge is -2.12. The first-order valence-corrected chi connectivity index (χ1v) is 9.43. The first-order valence-electron chi connectivity index (χ1n) is 9.43. The summed E-state index contributed by atoms with van der Waals surface area (Å²) >= 11 is 0. The molecule has 0 fully saturated rings. The number of para-hydroxylation sites is 1. The number of carbonyl (C=O) groups excluding carboxylic acids is 2. The van der Waals surface area contributed by atoms with E-state index in [1.807, 2.05) is 19.9 Å². The molecule has 0 unspecified atom stereocenters. The Hall–Kier alpha value is -3.55. The van der Waals surface area contributed by atoms with Gasteiger partial charge < -0.3 is 15.2 Å². The second-order valence-electron chi connectivity index (χ2n) is 6.95. The molecular formula is C21H23N5O3. The van der Waals surface area contributed by atoms with Crippen LogP contribution in [0.2, 0.25) is 0 Å². The first-order chi connectivity index (χ1) is 14.0. The molecule has 8 heteroatoms. The van der Waals surface area contributed by atoms with Crippen LogP contribution < -0.4 is 10.6 Å². The Bertz CT molecular complexity index is 969. The summed E-state index contributed by atoms with van der Waals surface area (Å²) in [7, 11) is 0. The highest BCUT2D eigenvalue weighted by Crippen LogP contribution is 2.17. The van der Waals surface area contributed by atoms with Crippen molar-refractivity contribution in [2.45, 2.75) is 26.7 Å². The van der Waals surface area contributed by atoms with Crippen LogP contribution in [0.4, 0.5) is 5.69 Å². The van der Waals surface area contributed by atoms with Gasteiger partial charge in [0.1, 0.15) is 0 Å². The molecule has 2 N–H and O–H groups in total. The average Bonchev–Trinajstić information content (AvgIpc) is 3.21. The molecule has 3 aromatic rings. The van der Waals surface area contributed by atoms with E-state index in [9.17, 15) is 9.59 Å². The van der Waals surface area contributed by atoms with Gasteiger partial charge in [-0.1, -0.05) is 31.1 Å². The third kappa shape index (κ3) is 5.71. The van der Waals surface area contributed by atoms with Crippen LogP contribution in [0.15, 0.2) is 53.3 Å². The zero-order valence-electron chi connectivity index (χ0n) is 16.4. The van der Waals surface area contributed by atoms with Crippen LogP contribution >= 0.6 is 0 Å². The van der Waals surface area contributed by atoms with Gasteiger partial charge in [-0.15, -0.1) is 0 Å². The summed E-state index contributed by atoms with van der Waals surface area (Å²) < 4.78 is 5.20. The van der Waals surface area contributed by atoms with Crippen molar-refractivity contribution in [3.8, 4) is 11.4 Å². The maximum absolute atomic E-state index is 12.4. The van der Waals surface area contributed by atoms with Crippen molar-refractivity contribution in [3.05, 3.63) is 60.2 Å². The highest BCUT2D eigenvalue weighted by Gasteiger charge is 2.15. The Morgan fingerprint density at radius 1 is 1.14 bits per heavy atom. The molecule has 0 radical (unpaired) electrons. The molecule has 0 aliphatic rings. The smallest absolute Gasteiger partial charge is 0.253 e. The number of amides is 2. The molecular weight excluding hydrogens is 370 g/mol. The molecule has 2 aromatic heterocycles. The van der Waals surface area contributed by atoms with Crippen LogP contribution in [0.3, 0.4) is 0 Å². The fraction of sp³-hybridized carbons (Fsp3) is 0.286. The summed E-state index contributed by atoms with van der Waals surface area (Å²) in [4.78, 5) is 33.0. The van der Waals surface area contributed by atoms with Crippen molar-refractivity contribution < 1.29 is 14.1 Å². The Morgan fingerprint density at radius 3 is 2.72 bits per heavy atom. The van der Waals surface area contributed by atoms with E-state index in [-0.39, 0.29) is 18.2 Å². The number of rotatable bonds is 8. The number of benzene rings is 1. The number of aryl methyl sites for hydroxylation is 1. The van der Waals surface area contributed by atoms with Gasteiger partial charge >= 0.3 is 0 Å². The van der Waals surface area contributed by atoms with E-state index in [1.54, 1.807) is 42.7 Å². The highest BCUT2D eigenvalue weighted by atomic mass is 16.5. The minimum atomic E-state index is -0.241. The predicted molar refractivity (Wildman–Crippen MR) is 108 cm³/mol. The third-order valence-electron chi connectivity index (χ3n) is 4.07. The molecule has 0 bridgehead atoms. The molecule has 2 heterocycles. The van der Waals surface area contributed by atoms with Gasteiger partial charge in [-0.2, -0.15) is 4.98 Å². The third-order valence-corrected chi connectivity index (χ3v) is 4.07. The number of pyridine rings is 1. The Morgan fingerprint density at radius 2 is 1.97 bits per heavy atom. The molecule has 0 aliphatic carbocycles. The van der Waals surface area contributed by atoms with E-state index in [2.05, 4.69) is 25.8 Å². The zero-order chi connectivity index (χ0) is 20.6. The molecule has 8 nitrogen and oxygen atoms in total. The number of nitrogens with zero attached hydrogens (tertiary/aromatic N) is 3. The highest BCUT2D eigenvalue weighted by molar-refractivity contribution is 6.03. The van der Waals surface area contributed by atoms with Crippen LogP contribution in [0, 0.1) is 5.92 Å². The number of hydrogen-bond donors (Lipinski definition) is 2. The van der Waals surface area contributed by atoms with Crippen LogP contribution in [0.1, 0.15) is 36.5 Å². The minimum Gasteiger partial charge on any atom is -0.352 e. The Labute approximate surface area is 168 Å². The van der Waals surface area contributed by atoms with Crippen LogP contribution in [-0.2, 0) is 11.2 Å². The summed E-state index contributed by atoms with van der Waals surface area (Å²) in [6, 6.07) is 10.5. The maximum atomic E-state index is 12.4. The van der Waals surface area contributed by atoms with E-state index < -0.39 is 0 Å². The van der Waals surface area contributed by atoms with Gasteiger partial charge in [0.25, 0.3) is 5.91 Å². The molecule has 0 atom stereocenters. The van der Waals surface area contributed by atoms with Gasteiger partial charge in [0.2, 0.25) is 17.6 Å². The monoisotopic (exact) mass is 393 g/mol. The number of anilines is 1. The number of hydrogen-bond acceptors (Lipinski definition) is 6. The average molecular weight is 393 g/mol. The fourth-order valence-electron chi connectivity index (χ4n) is 2.58. The van der Waals surface area contributed by atoms with Crippen molar-refractivity contribution in [2.75, 3.05) is 11.9 Å². The second-order valence-corrected chi connectivity index (χ2v) is 6.95. The summed E-state index contributed by atoms with van der Waals surface area (Å²) in [6.45, 7) is 4.61. The molecule has 2 amide bonds. The molecule has 0 saturated carbocycles. The Kier molecular flexibility index (Phi) is 6.67. The minimum absolute atomic E-state index is 0.149. The van der Waals surface area contributed by atoms with Crippen molar-refractivity contribution in [3.63, 3.8) is 0 Å². The molecule has 1 aromatic carbocycles. The number of aromatic nitrogens is 3. The van der Waals surface area contributed by atoms with Crippen LogP contribution in [-0.4, -0.2) is 33.5 Å². The lowest BCUT2D eigenvalue weighted by atomic mass is 10.1. The van der Waals surface area contributed by atoms with Gasteiger partial charge in [0.05, 0.1) is 11.3 Å². The zero-order valence-corrected chi connectivity index (χ0v) is 16.4. The van der Waals surface area contributed by atoms with Gasteiger partial charge in [0, 0.05) is 37.3 Å². The van der Waals surface area contributed by atoms with E-state index >= 15 is 0 Å². The molecule has 0 spiro atoms. The van der Waals surface area contributed by atoms with Crippen LogP contribution in [0.25, 0.3) is 11.4 Å². The lowest BCUT2D eigenvalue weighted by Crippen LogP contribution is -2.28. The van der Waals surface area contributed by atoms with Gasteiger partial charge in [0.15, 0.2) is 0 Å². The largest absolute Gasteiger partial charge is 0.352 e. The lowest BCUT2D eigenvalue weighted by molar-refractivity contribution is -0.116. The van der Waals surface area contributed by atoms with Crippen LogP contribution in [0.5, 0.6) is 0 Å². The van der Waals surface area contributed by atoms with Gasteiger partial charge in [-0.3, -0.25) is 14.6 Å².